The van der Waals surface area contributed by atoms with Crippen LogP contribution in [0.25, 0.3) is 0 Å². The molecule has 122 valence electrons. The highest BCUT2D eigenvalue weighted by Gasteiger charge is 2.32. The number of carbonyl (C=O) groups excluding carboxylic acids is 1. The third-order valence-electron chi connectivity index (χ3n) is 3.96. The summed E-state index contributed by atoms with van der Waals surface area (Å²) >= 11 is 3.36. The van der Waals surface area contributed by atoms with E-state index < -0.39 is 0 Å². The quantitative estimate of drug-likeness (QED) is 0.770. The van der Waals surface area contributed by atoms with Crippen LogP contribution in [-0.4, -0.2) is 45.9 Å². The molecule has 0 spiro atoms. The van der Waals surface area contributed by atoms with E-state index in [0.29, 0.717) is 18.9 Å². The molecule has 6 heteroatoms. The summed E-state index contributed by atoms with van der Waals surface area (Å²) in [7, 11) is 1.71. The molecule has 2 N–H and O–H groups in total. The van der Waals surface area contributed by atoms with Crippen molar-refractivity contribution in [2.45, 2.75) is 12.8 Å². The van der Waals surface area contributed by atoms with Gasteiger partial charge in [-0.15, -0.1) is 0 Å². The maximum atomic E-state index is 12.0. The van der Waals surface area contributed by atoms with Crippen molar-refractivity contribution >= 4 is 21.8 Å². The van der Waals surface area contributed by atoms with Gasteiger partial charge in [0.15, 0.2) is 6.61 Å². The van der Waals surface area contributed by atoms with Crippen molar-refractivity contribution in [3.05, 3.63) is 28.7 Å². The molecule has 1 aliphatic heterocycles. The predicted octanol–water partition coefficient (Wildman–Crippen LogP) is 1.96. The number of benzene rings is 1. The van der Waals surface area contributed by atoms with Crippen molar-refractivity contribution < 1.29 is 14.3 Å². The van der Waals surface area contributed by atoms with E-state index >= 15 is 0 Å². The summed E-state index contributed by atoms with van der Waals surface area (Å²) in [6, 6.07) is 7.43. The number of carbonyl (C=O) groups is 1. The van der Waals surface area contributed by atoms with Crippen LogP contribution in [0.1, 0.15) is 12.8 Å². The topological polar surface area (TPSA) is 59.6 Å². The van der Waals surface area contributed by atoms with Gasteiger partial charge in [0, 0.05) is 23.5 Å². The van der Waals surface area contributed by atoms with Crippen LogP contribution in [0.4, 0.5) is 0 Å². The lowest BCUT2D eigenvalue weighted by molar-refractivity contribution is -0.124. The SMILES string of the molecule is COCC1(CNC(=O)COc2ccc(Br)cc2)CCNCC1. The highest BCUT2D eigenvalue weighted by molar-refractivity contribution is 9.10. The number of hydrogen-bond donors (Lipinski definition) is 2. The third-order valence-corrected chi connectivity index (χ3v) is 4.49. The number of rotatable bonds is 7. The molecule has 0 aliphatic carbocycles. The van der Waals surface area contributed by atoms with E-state index in [2.05, 4.69) is 26.6 Å². The Kier molecular flexibility index (Phi) is 6.67. The fourth-order valence-corrected chi connectivity index (χ4v) is 2.92. The lowest BCUT2D eigenvalue weighted by Crippen LogP contribution is -2.47. The standard InChI is InChI=1S/C16H23BrN2O3/c1-21-12-16(6-8-18-9-7-16)11-19-15(20)10-22-14-4-2-13(17)3-5-14/h2-5,18H,6-12H2,1H3,(H,19,20). The number of halogens is 1. The summed E-state index contributed by atoms with van der Waals surface area (Å²) in [5.74, 6) is 0.587. The van der Waals surface area contributed by atoms with Crippen LogP contribution in [0.15, 0.2) is 28.7 Å². The second-order valence-electron chi connectivity index (χ2n) is 5.70. The lowest BCUT2D eigenvalue weighted by Gasteiger charge is -2.37. The smallest absolute Gasteiger partial charge is 0.257 e. The van der Waals surface area contributed by atoms with Crippen LogP contribution < -0.4 is 15.4 Å². The van der Waals surface area contributed by atoms with Crippen LogP contribution >= 0.6 is 15.9 Å². The molecule has 1 amide bonds. The zero-order valence-electron chi connectivity index (χ0n) is 12.9. The van der Waals surface area contributed by atoms with Crippen molar-refractivity contribution in [3.8, 4) is 5.75 Å². The number of ether oxygens (including phenoxy) is 2. The molecule has 5 nitrogen and oxygen atoms in total. The summed E-state index contributed by atoms with van der Waals surface area (Å²) < 4.78 is 11.8. The Balaban J connectivity index is 1.77. The van der Waals surface area contributed by atoms with E-state index in [0.717, 1.165) is 30.4 Å². The molecule has 1 aromatic carbocycles. The van der Waals surface area contributed by atoms with Crippen molar-refractivity contribution in [1.29, 1.82) is 0 Å². The monoisotopic (exact) mass is 370 g/mol. The zero-order chi connectivity index (χ0) is 15.8. The van der Waals surface area contributed by atoms with Crippen LogP contribution in [0.3, 0.4) is 0 Å². The van der Waals surface area contributed by atoms with Gasteiger partial charge in [-0.25, -0.2) is 0 Å². The first kappa shape index (κ1) is 17.2. The molecular weight excluding hydrogens is 348 g/mol. The molecular formula is C16H23BrN2O3. The fourth-order valence-electron chi connectivity index (χ4n) is 2.65. The molecule has 1 aliphatic rings. The van der Waals surface area contributed by atoms with Gasteiger partial charge in [-0.1, -0.05) is 15.9 Å². The molecule has 0 atom stereocenters. The minimum atomic E-state index is -0.100. The summed E-state index contributed by atoms with van der Waals surface area (Å²) in [4.78, 5) is 12.0. The maximum Gasteiger partial charge on any atom is 0.257 e. The molecule has 1 heterocycles. The summed E-state index contributed by atoms with van der Waals surface area (Å²) in [6.45, 7) is 3.26. The first-order valence-corrected chi connectivity index (χ1v) is 8.28. The molecule has 1 aromatic rings. The number of nitrogens with one attached hydrogen (secondary N) is 2. The molecule has 0 bridgehead atoms. The van der Waals surface area contributed by atoms with Gasteiger partial charge in [0.25, 0.3) is 5.91 Å². The van der Waals surface area contributed by atoms with Gasteiger partial charge in [-0.3, -0.25) is 4.79 Å². The summed E-state index contributed by atoms with van der Waals surface area (Å²) in [5, 5.41) is 6.32. The average Bonchev–Trinajstić information content (AvgIpc) is 2.54. The van der Waals surface area contributed by atoms with E-state index in [1.54, 1.807) is 7.11 Å². The fraction of sp³-hybridized carbons (Fsp3) is 0.562. The van der Waals surface area contributed by atoms with Gasteiger partial charge in [0.05, 0.1) is 6.61 Å². The van der Waals surface area contributed by atoms with Gasteiger partial charge >= 0.3 is 0 Å². The van der Waals surface area contributed by atoms with Crippen LogP contribution in [-0.2, 0) is 9.53 Å². The van der Waals surface area contributed by atoms with Gasteiger partial charge in [0.1, 0.15) is 5.75 Å². The Labute approximate surface area is 139 Å². The Bertz CT molecular complexity index is 467. The van der Waals surface area contributed by atoms with Gasteiger partial charge in [0.2, 0.25) is 0 Å². The first-order chi connectivity index (χ1) is 10.6. The highest BCUT2D eigenvalue weighted by atomic mass is 79.9. The number of piperidine rings is 1. The minimum absolute atomic E-state index is 0.0307. The van der Waals surface area contributed by atoms with Crippen molar-refractivity contribution in [3.63, 3.8) is 0 Å². The predicted molar refractivity (Wildman–Crippen MR) is 89.1 cm³/mol. The zero-order valence-corrected chi connectivity index (χ0v) is 14.4. The average molecular weight is 371 g/mol. The molecule has 1 saturated heterocycles. The van der Waals surface area contributed by atoms with Crippen molar-refractivity contribution in [1.82, 2.24) is 10.6 Å². The van der Waals surface area contributed by atoms with E-state index in [1.807, 2.05) is 24.3 Å². The van der Waals surface area contributed by atoms with E-state index in [4.69, 9.17) is 9.47 Å². The summed E-state index contributed by atoms with van der Waals surface area (Å²) in [5.41, 5.74) is 0.0350. The Morgan fingerprint density at radius 3 is 2.64 bits per heavy atom. The van der Waals surface area contributed by atoms with Gasteiger partial charge < -0.3 is 20.1 Å². The van der Waals surface area contributed by atoms with Crippen LogP contribution in [0, 0.1) is 5.41 Å². The molecule has 0 unspecified atom stereocenters. The number of methoxy groups -OCH3 is 1. The largest absolute Gasteiger partial charge is 0.484 e. The first-order valence-electron chi connectivity index (χ1n) is 7.48. The minimum Gasteiger partial charge on any atom is -0.484 e. The number of amides is 1. The number of hydrogen-bond acceptors (Lipinski definition) is 4. The van der Waals surface area contributed by atoms with Crippen molar-refractivity contribution in [2.75, 3.05) is 40.0 Å². The Morgan fingerprint density at radius 1 is 1.32 bits per heavy atom. The Hall–Kier alpha value is -1.11. The second kappa shape index (κ2) is 8.50. The van der Waals surface area contributed by atoms with E-state index in [-0.39, 0.29) is 17.9 Å². The molecule has 0 aromatic heterocycles. The lowest BCUT2D eigenvalue weighted by atomic mass is 9.79. The molecule has 22 heavy (non-hydrogen) atoms. The van der Waals surface area contributed by atoms with E-state index in [9.17, 15) is 4.79 Å². The maximum absolute atomic E-state index is 12.0. The molecule has 0 saturated carbocycles. The van der Waals surface area contributed by atoms with Crippen LogP contribution in [0.5, 0.6) is 5.75 Å². The second-order valence-corrected chi connectivity index (χ2v) is 6.62. The highest BCUT2D eigenvalue weighted by Crippen LogP contribution is 2.28. The van der Waals surface area contributed by atoms with E-state index in [1.165, 1.54) is 0 Å². The summed E-state index contributed by atoms with van der Waals surface area (Å²) in [6.07, 6.45) is 2.02. The third kappa shape index (κ3) is 5.26. The molecule has 1 fully saturated rings. The molecule has 0 radical (unpaired) electrons. The van der Waals surface area contributed by atoms with Gasteiger partial charge in [-0.05, 0) is 50.2 Å². The molecule has 2 rings (SSSR count). The Morgan fingerprint density at radius 2 is 2.00 bits per heavy atom. The van der Waals surface area contributed by atoms with Gasteiger partial charge in [-0.2, -0.15) is 0 Å². The van der Waals surface area contributed by atoms with Crippen LogP contribution in [0.2, 0.25) is 0 Å². The normalized spacial score (nSPS) is 17.0. The van der Waals surface area contributed by atoms with Crippen molar-refractivity contribution in [2.24, 2.45) is 5.41 Å².